The number of aromatic nitrogens is 2. The lowest BCUT2D eigenvalue weighted by Crippen LogP contribution is -2.42. The molecule has 0 unspecified atom stereocenters. The molecule has 27 heavy (non-hydrogen) atoms. The van der Waals surface area contributed by atoms with Gasteiger partial charge in [0.2, 0.25) is 5.91 Å². The summed E-state index contributed by atoms with van der Waals surface area (Å²) in [5.41, 5.74) is 1.54. The highest BCUT2D eigenvalue weighted by atomic mass is 16.6. The standard InChI is InChI=1S/C20H30N4O3/c1-14(2)12-23-7-8-24-16(13-23)9-15(22-24)11-21-19(26)17-10-18(25)27-20(17)5-3-4-6-20/h9,14,17H,3-8,10-13H2,1-2H3,(H,21,26)/t17-/m0/s1. The van der Waals surface area contributed by atoms with Crippen molar-refractivity contribution in [1.82, 2.24) is 20.0 Å². The highest BCUT2D eigenvalue weighted by molar-refractivity contribution is 5.87. The predicted octanol–water partition coefficient (Wildman–Crippen LogP) is 1.85. The van der Waals surface area contributed by atoms with Gasteiger partial charge in [0.1, 0.15) is 5.60 Å². The molecule has 1 aliphatic carbocycles. The van der Waals surface area contributed by atoms with E-state index in [-0.39, 0.29) is 24.2 Å². The molecular formula is C20H30N4O3. The highest BCUT2D eigenvalue weighted by Gasteiger charge is 2.53. The van der Waals surface area contributed by atoms with Crippen molar-refractivity contribution < 1.29 is 14.3 Å². The topological polar surface area (TPSA) is 76.5 Å². The van der Waals surface area contributed by atoms with E-state index in [1.165, 1.54) is 5.69 Å². The molecular weight excluding hydrogens is 344 g/mol. The van der Waals surface area contributed by atoms with Crippen molar-refractivity contribution in [2.45, 2.75) is 71.2 Å². The second-order valence-corrected chi connectivity index (χ2v) is 8.70. The molecule has 0 aromatic carbocycles. The van der Waals surface area contributed by atoms with Gasteiger partial charge in [-0.1, -0.05) is 13.8 Å². The van der Waals surface area contributed by atoms with Crippen molar-refractivity contribution in [2.75, 3.05) is 13.1 Å². The summed E-state index contributed by atoms with van der Waals surface area (Å²) < 4.78 is 7.63. The Hall–Kier alpha value is -1.89. The molecule has 7 nitrogen and oxygen atoms in total. The van der Waals surface area contributed by atoms with Gasteiger partial charge in [0.15, 0.2) is 0 Å². The quantitative estimate of drug-likeness (QED) is 0.796. The molecule has 2 aliphatic heterocycles. The largest absolute Gasteiger partial charge is 0.458 e. The third kappa shape index (κ3) is 3.74. The van der Waals surface area contributed by atoms with Crippen LogP contribution in [0.4, 0.5) is 0 Å². The van der Waals surface area contributed by atoms with Crippen LogP contribution in [0.2, 0.25) is 0 Å². The monoisotopic (exact) mass is 374 g/mol. The summed E-state index contributed by atoms with van der Waals surface area (Å²) in [6, 6.07) is 2.09. The van der Waals surface area contributed by atoms with Gasteiger partial charge in [0.05, 0.1) is 36.8 Å². The maximum atomic E-state index is 12.8. The second kappa shape index (κ2) is 7.26. The first-order valence-electron chi connectivity index (χ1n) is 10.2. The van der Waals surface area contributed by atoms with Gasteiger partial charge >= 0.3 is 5.97 Å². The van der Waals surface area contributed by atoms with Crippen molar-refractivity contribution in [3.63, 3.8) is 0 Å². The maximum Gasteiger partial charge on any atom is 0.307 e. The van der Waals surface area contributed by atoms with Crippen LogP contribution in [0.1, 0.15) is 57.3 Å². The molecule has 7 heteroatoms. The van der Waals surface area contributed by atoms with E-state index in [0.717, 1.165) is 57.6 Å². The van der Waals surface area contributed by atoms with E-state index in [1.54, 1.807) is 0 Å². The maximum absolute atomic E-state index is 12.8. The molecule has 3 heterocycles. The summed E-state index contributed by atoms with van der Waals surface area (Å²) in [5, 5.41) is 7.65. The number of amides is 1. The van der Waals surface area contributed by atoms with Gasteiger partial charge in [0, 0.05) is 19.6 Å². The lowest BCUT2D eigenvalue weighted by Gasteiger charge is -2.28. The van der Waals surface area contributed by atoms with Crippen LogP contribution in [0.3, 0.4) is 0 Å². The Balaban J connectivity index is 1.36. The van der Waals surface area contributed by atoms with Crippen molar-refractivity contribution in [3.05, 3.63) is 17.5 Å². The van der Waals surface area contributed by atoms with E-state index in [9.17, 15) is 9.59 Å². The number of nitrogens with one attached hydrogen (secondary N) is 1. The van der Waals surface area contributed by atoms with E-state index >= 15 is 0 Å². The number of ether oxygens (including phenoxy) is 1. The molecule has 1 saturated carbocycles. The number of carbonyl (C=O) groups is 2. The molecule has 1 atom stereocenters. The molecule has 1 N–H and O–H groups in total. The van der Waals surface area contributed by atoms with Gasteiger partial charge in [-0.2, -0.15) is 5.10 Å². The number of fused-ring (bicyclic) bond motifs is 1. The molecule has 0 radical (unpaired) electrons. The Morgan fingerprint density at radius 3 is 2.89 bits per heavy atom. The minimum Gasteiger partial charge on any atom is -0.458 e. The van der Waals surface area contributed by atoms with Crippen LogP contribution in [0.5, 0.6) is 0 Å². The lowest BCUT2D eigenvalue weighted by atomic mass is 9.85. The van der Waals surface area contributed by atoms with Crippen LogP contribution in [-0.4, -0.2) is 45.2 Å². The highest BCUT2D eigenvalue weighted by Crippen LogP contribution is 2.45. The Bertz CT molecular complexity index is 721. The molecule has 3 aliphatic rings. The zero-order valence-corrected chi connectivity index (χ0v) is 16.4. The van der Waals surface area contributed by atoms with E-state index in [2.05, 4.69) is 39.9 Å². The van der Waals surface area contributed by atoms with Gasteiger partial charge < -0.3 is 10.1 Å². The van der Waals surface area contributed by atoms with E-state index < -0.39 is 5.60 Å². The molecule has 1 amide bonds. The van der Waals surface area contributed by atoms with Crippen LogP contribution >= 0.6 is 0 Å². The van der Waals surface area contributed by atoms with Crippen LogP contribution < -0.4 is 5.32 Å². The van der Waals surface area contributed by atoms with Crippen molar-refractivity contribution in [2.24, 2.45) is 11.8 Å². The van der Waals surface area contributed by atoms with E-state index in [0.29, 0.717) is 12.5 Å². The number of esters is 1. The van der Waals surface area contributed by atoms with E-state index in [4.69, 9.17) is 4.74 Å². The van der Waals surface area contributed by atoms with Gasteiger partial charge in [-0.3, -0.25) is 19.2 Å². The lowest BCUT2D eigenvalue weighted by molar-refractivity contribution is -0.150. The molecule has 1 aromatic heterocycles. The van der Waals surface area contributed by atoms with Crippen molar-refractivity contribution in [3.8, 4) is 0 Å². The van der Waals surface area contributed by atoms with Crippen molar-refractivity contribution in [1.29, 1.82) is 0 Å². The number of hydrogen-bond acceptors (Lipinski definition) is 5. The van der Waals surface area contributed by atoms with Gasteiger partial charge in [0.25, 0.3) is 0 Å². The third-order valence-corrected chi connectivity index (χ3v) is 6.08. The third-order valence-electron chi connectivity index (χ3n) is 6.08. The van der Waals surface area contributed by atoms with Crippen LogP contribution in [0, 0.1) is 11.8 Å². The summed E-state index contributed by atoms with van der Waals surface area (Å²) in [6.45, 7) is 8.79. The van der Waals surface area contributed by atoms with Crippen LogP contribution in [0.25, 0.3) is 0 Å². The Kier molecular flexibility index (Phi) is 4.97. The fraction of sp³-hybridized carbons (Fsp3) is 0.750. The summed E-state index contributed by atoms with van der Waals surface area (Å²) in [6.07, 6.45) is 3.87. The fourth-order valence-corrected chi connectivity index (χ4v) is 4.89. The molecule has 148 valence electrons. The van der Waals surface area contributed by atoms with Crippen LogP contribution in [-0.2, 0) is 34.0 Å². The second-order valence-electron chi connectivity index (χ2n) is 8.70. The molecule has 0 bridgehead atoms. The summed E-state index contributed by atoms with van der Waals surface area (Å²) in [5.74, 6) is -0.0151. The summed E-state index contributed by atoms with van der Waals surface area (Å²) >= 11 is 0. The SMILES string of the molecule is CC(C)CN1CCn2nc(CNC(=O)[C@@H]3CC(=O)OC34CCCC4)cc2C1. The first-order chi connectivity index (χ1) is 12.9. The number of hydrogen-bond donors (Lipinski definition) is 1. The van der Waals surface area contributed by atoms with E-state index in [1.807, 2.05) is 0 Å². The smallest absolute Gasteiger partial charge is 0.307 e. The first-order valence-corrected chi connectivity index (χ1v) is 10.2. The predicted molar refractivity (Wildman–Crippen MR) is 99.6 cm³/mol. The molecule has 1 aromatic rings. The summed E-state index contributed by atoms with van der Waals surface area (Å²) in [4.78, 5) is 27.0. The Labute approximate surface area is 160 Å². The van der Waals surface area contributed by atoms with Gasteiger partial charge in [-0.25, -0.2) is 0 Å². The number of carbonyl (C=O) groups excluding carboxylic acids is 2. The number of rotatable bonds is 5. The average Bonchev–Trinajstić information content (AvgIpc) is 3.31. The molecule has 1 saturated heterocycles. The average molecular weight is 374 g/mol. The zero-order chi connectivity index (χ0) is 19.0. The minimum absolute atomic E-state index is 0.0739. The molecule has 1 spiro atoms. The van der Waals surface area contributed by atoms with Crippen LogP contribution in [0.15, 0.2) is 6.07 Å². The normalized spacial score (nSPS) is 24.4. The minimum atomic E-state index is -0.550. The van der Waals surface area contributed by atoms with Gasteiger partial charge in [-0.05, 0) is 37.7 Å². The fourth-order valence-electron chi connectivity index (χ4n) is 4.89. The molecule has 2 fully saturated rings. The number of nitrogens with zero attached hydrogens (tertiary/aromatic N) is 3. The van der Waals surface area contributed by atoms with Crippen molar-refractivity contribution >= 4 is 11.9 Å². The summed E-state index contributed by atoms with van der Waals surface area (Å²) in [7, 11) is 0. The molecule has 4 rings (SSSR count). The van der Waals surface area contributed by atoms with Gasteiger partial charge in [-0.15, -0.1) is 0 Å². The Morgan fingerprint density at radius 1 is 1.37 bits per heavy atom. The Morgan fingerprint density at radius 2 is 2.15 bits per heavy atom. The first kappa shape index (κ1) is 18.5. The zero-order valence-electron chi connectivity index (χ0n) is 16.4.